The molecule has 2 rings (SSSR count). The highest BCUT2D eigenvalue weighted by atomic mass is 32.2. The Morgan fingerprint density at radius 3 is 2.43 bits per heavy atom. The largest absolute Gasteiger partial charge is 0.274 e. The van der Waals surface area contributed by atoms with E-state index in [0.29, 0.717) is 17.9 Å². The van der Waals surface area contributed by atoms with Crippen molar-refractivity contribution < 1.29 is 8.42 Å². The summed E-state index contributed by atoms with van der Waals surface area (Å²) in [4.78, 5) is 0.268. The van der Waals surface area contributed by atoms with Crippen LogP contribution in [0.2, 0.25) is 0 Å². The molecule has 0 radical (unpaired) electrons. The molecule has 1 aromatic carbocycles. The maximum absolute atomic E-state index is 12.9. The number of para-hydroxylation sites is 1. The summed E-state index contributed by atoms with van der Waals surface area (Å²) in [5.74, 6) is 0. The zero-order valence-corrected chi connectivity index (χ0v) is 13.5. The van der Waals surface area contributed by atoms with Crippen LogP contribution in [-0.4, -0.2) is 24.7 Å². The zero-order chi connectivity index (χ0) is 15.5. The lowest BCUT2D eigenvalue weighted by molar-refractivity contribution is 0.588. The average molecular weight is 307 g/mol. The Morgan fingerprint density at radius 2 is 1.90 bits per heavy atom. The first-order valence-electron chi connectivity index (χ1n) is 7.05. The second kappa shape index (κ2) is 6.30. The van der Waals surface area contributed by atoms with Gasteiger partial charge in [0.15, 0.2) is 0 Å². The van der Waals surface area contributed by atoms with E-state index in [2.05, 4.69) is 5.10 Å². The van der Waals surface area contributed by atoms with Crippen molar-refractivity contribution >= 4 is 15.7 Å². The van der Waals surface area contributed by atoms with E-state index in [1.54, 1.807) is 20.2 Å². The molecule has 2 aromatic rings. The number of sulfonamides is 1. The topological polar surface area (TPSA) is 55.2 Å². The second-order valence-corrected chi connectivity index (χ2v) is 6.85. The molecule has 0 amide bonds. The fourth-order valence-electron chi connectivity index (χ4n) is 2.23. The van der Waals surface area contributed by atoms with E-state index in [-0.39, 0.29) is 4.90 Å². The Bertz CT molecular complexity index is 693. The van der Waals surface area contributed by atoms with E-state index in [1.165, 1.54) is 8.99 Å². The first-order valence-corrected chi connectivity index (χ1v) is 8.49. The molecule has 0 saturated carbocycles. The first kappa shape index (κ1) is 15.6. The number of benzene rings is 1. The molecule has 0 saturated heterocycles. The fourth-order valence-corrected chi connectivity index (χ4v) is 3.94. The van der Waals surface area contributed by atoms with Gasteiger partial charge >= 0.3 is 0 Å². The van der Waals surface area contributed by atoms with Gasteiger partial charge in [-0.25, -0.2) is 8.42 Å². The first-order chi connectivity index (χ1) is 9.96. The summed E-state index contributed by atoms with van der Waals surface area (Å²) in [5, 5.41) is 4.14. The third kappa shape index (κ3) is 3.26. The highest BCUT2D eigenvalue weighted by Gasteiger charge is 2.27. The molecule has 0 atom stereocenters. The Kier molecular flexibility index (Phi) is 4.67. The molecule has 6 heteroatoms. The summed E-state index contributed by atoms with van der Waals surface area (Å²) in [6.45, 7) is 4.23. The molecule has 21 heavy (non-hydrogen) atoms. The van der Waals surface area contributed by atoms with Crippen molar-refractivity contribution in [1.82, 2.24) is 9.78 Å². The van der Waals surface area contributed by atoms with Gasteiger partial charge < -0.3 is 0 Å². The van der Waals surface area contributed by atoms with Gasteiger partial charge in [0.2, 0.25) is 0 Å². The van der Waals surface area contributed by atoms with Crippen LogP contribution in [0.1, 0.15) is 25.5 Å². The van der Waals surface area contributed by atoms with Gasteiger partial charge in [0.25, 0.3) is 10.0 Å². The minimum absolute atomic E-state index is 0.268. The van der Waals surface area contributed by atoms with Crippen LogP contribution in [0.3, 0.4) is 0 Å². The van der Waals surface area contributed by atoms with Gasteiger partial charge in [0.05, 0.1) is 11.4 Å². The van der Waals surface area contributed by atoms with Crippen LogP contribution >= 0.6 is 0 Å². The van der Waals surface area contributed by atoms with Crippen molar-refractivity contribution in [2.75, 3.05) is 10.8 Å². The molecule has 114 valence electrons. The summed E-state index contributed by atoms with van der Waals surface area (Å²) in [6.07, 6.45) is 3.31. The van der Waals surface area contributed by atoms with E-state index < -0.39 is 10.0 Å². The quantitative estimate of drug-likeness (QED) is 0.824. The molecule has 0 aliphatic heterocycles. The lowest BCUT2D eigenvalue weighted by Gasteiger charge is -2.24. The van der Waals surface area contributed by atoms with Crippen molar-refractivity contribution in [3.8, 4) is 0 Å². The maximum Gasteiger partial charge on any atom is 0.267 e. The van der Waals surface area contributed by atoms with E-state index in [1.807, 2.05) is 37.3 Å². The van der Waals surface area contributed by atoms with Crippen LogP contribution in [0.15, 0.2) is 41.4 Å². The lowest BCUT2D eigenvalue weighted by Crippen LogP contribution is -2.32. The van der Waals surface area contributed by atoms with E-state index >= 15 is 0 Å². The molecule has 0 aliphatic carbocycles. The third-order valence-electron chi connectivity index (χ3n) is 3.30. The Morgan fingerprint density at radius 1 is 1.24 bits per heavy atom. The van der Waals surface area contributed by atoms with Crippen LogP contribution in [0.4, 0.5) is 5.69 Å². The van der Waals surface area contributed by atoms with Gasteiger partial charge in [-0.3, -0.25) is 8.99 Å². The molecule has 0 bridgehead atoms. The molecule has 0 fully saturated rings. The van der Waals surface area contributed by atoms with E-state index in [0.717, 1.165) is 12.8 Å². The summed E-state index contributed by atoms with van der Waals surface area (Å²) >= 11 is 0. The Balaban J connectivity index is 2.47. The molecule has 1 aromatic heterocycles. The second-order valence-electron chi connectivity index (χ2n) is 5.02. The molecular weight excluding hydrogens is 286 g/mol. The Hall–Kier alpha value is -1.82. The van der Waals surface area contributed by atoms with Crippen LogP contribution in [0.25, 0.3) is 0 Å². The van der Waals surface area contributed by atoms with E-state index in [9.17, 15) is 8.42 Å². The van der Waals surface area contributed by atoms with E-state index in [4.69, 9.17) is 0 Å². The monoisotopic (exact) mass is 307 g/mol. The number of aryl methyl sites for hydroxylation is 2. The van der Waals surface area contributed by atoms with Gasteiger partial charge in [-0.05, 0) is 25.5 Å². The molecular formula is C15H21N3O2S. The minimum atomic E-state index is -3.59. The highest BCUT2D eigenvalue weighted by molar-refractivity contribution is 7.92. The number of aromatic nitrogens is 2. The van der Waals surface area contributed by atoms with Gasteiger partial charge in [-0.15, -0.1) is 0 Å². The van der Waals surface area contributed by atoms with Crippen molar-refractivity contribution in [3.63, 3.8) is 0 Å². The normalized spacial score (nSPS) is 11.6. The third-order valence-corrected chi connectivity index (χ3v) is 5.23. The number of rotatable bonds is 6. The average Bonchev–Trinajstić information content (AvgIpc) is 2.80. The van der Waals surface area contributed by atoms with Crippen LogP contribution in [0, 0.1) is 6.92 Å². The SMILES string of the molecule is CCCCN(c1ccccc1)S(=O)(=O)c1cn(C)nc1C. The standard InChI is InChI=1S/C15H21N3O2S/c1-4-5-11-18(14-9-7-6-8-10-14)21(19,20)15-12-17(3)16-13(15)2/h6-10,12H,4-5,11H2,1-3H3. The number of anilines is 1. The summed E-state index contributed by atoms with van der Waals surface area (Å²) < 4.78 is 28.9. The van der Waals surface area contributed by atoms with Crippen molar-refractivity contribution in [3.05, 3.63) is 42.2 Å². The van der Waals surface area contributed by atoms with Crippen LogP contribution in [0.5, 0.6) is 0 Å². The zero-order valence-electron chi connectivity index (χ0n) is 12.7. The van der Waals surface area contributed by atoms with Gasteiger partial charge in [0.1, 0.15) is 4.90 Å². The van der Waals surface area contributed by atoms with Gasteiger partial charge in [0, 0.05) is 19.8 Å². The minimum Gasteiger partial charge on any atom is -0.274 e. The van der Waals surface area contributed by atoms with Gasteiger partial charge in [-0.1, -0.05) is 31.5 Å². The smallest absolute Gasteiger partial charge is 0.267 e. The summed E-state index contributed by atoms with van der Waals surface area (Å²) in [5.41, 5.74) is 1.21. The Labute approximate surface area is 126 Å². The molecule has 0 aliphatic rings. The van der Waals surface area contributed by atoms with Crippen LogP contribution in [-0.2, 0) is 17.1 Å². The predicted octanol–water partition coefficient (Wildman–Crippen LogP) is 2.72. The number of unbranched alkanes of at least 4 members (excludes halogenated alkanes) is 1. The summed E-state index contributed by atoms with van der Waals surface area (Å²) in [6, 6.07) is 9.21. The molecule has 0 unspecified atom stereocenters. The van der Waals surface area contributed by atoms with Crippen molar-refractivity contribution in [1.29, 1.82) is 0 Å². The molecule has 0 N–H and O–H groups in total. The molecule has 1 heterocycles. The number of nitrogens with zero attached hydrogens (tertiary/aromatic N) is 3. The lowest BCUT2D eigenvalue weighted by atomic mass is 10.3. The van der Waals surface area contributed by atoms with Gasteiger partial charge in [-0.2, -0.15) is 5.10 Å². The maximum atomic E-state index is 12.9. The molecule has 5 nitrogen and oxygen atoms in total. The highest BCUT2D eigenvalue weighted by Crippen LogP contribution is 2.25. The van der Waals surface area contributed by atoms with Crippen molar-refractivity contribution in [2.45, 2.75) is 31.6 Å². The number of hydrogen-bond donors (Lipinski definition) is 0. The van der Waals surface area contributed by atoms with Crippen molar-refractivity contribution in [2.24, 2.45) is 7.05 Å². The van der Waals surface area contributed by atoms with Crippen LogP contribution < -0.4 is 4.31 Å². The fraction of sp³-hybridized carbons (Fsp3) is 0.400. The summed E-state index contributed by atoms with van der Waals surface area (Å²) in [7, 11) is -1.86. The number of hydrogen-bond acceptors (Lipinski definition) is 3. The predicted molar refractivity (Wildman–Crippen MR) is 83.8 cm³/mol. The molecule has 0 spiro atoms.